The number of rotatable bonds is 1. The molecule has 0 spiro atoms. The Morgan fingerprint density at radius 3 is 2.79 bits per heavy atom. The van der Waals surface area contributed by atoms with Crippen molar-refractivity contribution in [2.24, 2.45) is 0 Å². The summed E-state index contributed by atoms with van der Waals surface area (Å²) in [4.78, 5) is 45.1. The molecule has 0 saturated carbocycles. The summed E-state index contributed by atoms with van der Waals surface area (Å²) in [5, 5.41) is 0. The summed E-state index contributed by atoms with van der Waals surface area (Å²) in [5.41, 5.74) is 8.66. The number of carbonyl (C=O) groups is 2. The lowest BCUT2D eigenvalue weighted by atomic mass is 9.96. The highest BCUT2D eigenvalue weighted by Gasteiger charge is 2.27. The van der Waals surface area contributed by atoms with Crippen molar-refractivity contribution in [3.05, 3.63) is 57.8 Å². The van der Waals surface area contributed by atoms with Gasteiger partial charge in [0, 0.05) is 51.3 Å². The van der Waals surface area contributed by atoms with Gasteiger partial charge in [-0.05, 0) is 29.7 Å². The molecule has 2 N–H and O–H groups in total. The predicted molar refractivity (Wildman–Crippen MR) is 102 cm³/mol. The molecule has 3 heterocycles. The first-order chi connectivity index (χ1) is 13.4. The molecule has 0 radical (unpaired) electrons. The topological polar surface area (TPSA) is 115 Å². The van der Waals surface area contributed by atoms with E-state index in [2.05, 4.69) is 4.98 Å². The number of oxazole rings is 1. The Morgan fingerprint density at radius 2 is 2.04 bits per heavy atom. The van der Waals surface area contributed by atoms with Crippen LogP contribution in [0.2, 0.25) is 0 Å². The van der Waals surface area contributed by atoms with Crippen LogP contribution in [0.3, 0.4) is 0 Å². The number of carbonyl (C=O) groups excluding carboxylic acids is 2. The van der Waals surface area contributed by atoms with Crippen molar-refractivity contribution in [1.82, 2.24) is 19.4 Å². The number of pyridine rings is 1. The van der Waals surface area contributed by atoms with Crippen molar-refractivity contribution in [2.75, 3.05) is 26.4 Å². The maximum atomic E-state index is 13.2. The fraction of sp³-hybridized carbons (Fsp3) is 0.263. The molecule has 28 heavy (non-hydrogen) atoms. The minimum absolute atomic E-state index is 0.1000. The maximum Gasteiger partial charge on any atom is 0.427 e. The van der Waals surface area contributed by atoms with Gasteiger partial charge in [0.1, 0.15) is 0 Å². The third-order valence-corrected chi connectivity index (χ3v) is 4.83. The lowest BCUT2D eigenvalue weighted by Gasteiger charge is -2.31. The smallest absolute Gasteiger partial charge is 0.407 e. The van der Waals surface area contributed by atoms with E-state index in [1.807, 2.05) is 0 Å². The number of aromatic nitrogens is 2. The maximum absolute atomic E-state index is 13.2. The summed E-state index contributed by atoms with van der Waals surface area (Å²) in [6.07, 6.45) is 3.60. The average molecular weight is 381 g/mol. The van der Waals surface area contributed by atoms with E-state index in [1.165, 1.54) is 17.2 Å². The lowest BCUT2D eigenvalue weighted by molar-refractivity contribution is 0.0954. The van der Waals surface area contributed by atoms with Gasteiger partial charge >= 0.3 is 11.8 Å². The number of nitrogen functional groups attached to an aromatic ring is 1. The molecule has 2 amide bonds. The third-order valence-electron chi connectivity index (χ3n) is 4.83. The van der Waals surface area contributed by atoms with Crippen LogP contribution in [0.1, 0.15) is 21.5 Å². The molecule has 1 aromatic carbocycles. The minimum atomic E-state index is -0.775. The second kappa shape index (κ2) is 6.52. The van der Waals surface area contributed by atoms with Gasteiger partial charge in [0.2, 0.25) is 0 Å². The molecule has 9 nitrogen and oxygen atoms in total. The fourth-order valence-electron chi connectivity index (χ4n) is 3.47. The van der Waals surface area contributed by atoms with Crippen molar-refractivity contribution >= 4 is 28.7 Å². The van der Waals surface area contributed by atoms with Crippen molar-refractivity contribution in [3.63, 3.8) is 0 Å². The van der Waals surface area contributed by atoms with Crippen molar-refractivity contribution in [1.29, 1.82) is 0 Å². The molecule has 0 bridgehead atoms. The Balaban J connectivity index is 1.75. The van der Waals surface area contributed by atoms with Gasteiger partial charge in [-0.15, -0.1) is 0 Å². The normalized spacial score (nSPS) is 13.4. The fourth-order valence-corrected chi connectivity index (χ4v) is 3.47. The Labute approximate surface area is 160 Å². The molecular formula is C19H19N5O4. The molecule has 2 aromatic heterocycles. The molecule has 9 heteroatoms. The number of nitrogens with two attached hydrogens (primary N) is 1. The first kappa shape index (κ1) is 17.8. The van der Waals surface area contributed by atoms with Crippen LogP contribution in [-0.4, -0.2) is 51.9 Å². The van der Waals surface area contributed by atoms with E-state index in [0.29, 0.717) is 36.3 Å². The number of hydrogen-bond donors (Lipinski definition) is 1. The molecule has 3 aromatic rings. The van der Waals surface area contributed by atoms with Gasteiger partial charge in [0.05, 0.1) is 11.1 Å². The second-order valence-electron chi connectivity index (χ2n) is 6.91. The van der Waals surface area contributed by atoms with Crippen LogP contribution in [0.25, 0.3) is 11.1 Å². The van der Waals surface area contributed by atoms with Gasteiger partial charge in [-0.1, -0.05) is 0 Å². The third kappa shape index (κ3) is 2.81. The highest BCUT2D eigenvalue weighted by molar-refractivity contribution is 6.02. The summed E-state index contributed by atoms with van der Waals surface area (Å²) in [6, 6.07) is 4.58. The number of hydrogen-bond acceptors (Lipinski definition) is 6. The van der Waals surface area contributed by atoms with E-state index in [1.54, 1.807) is 37.3 Å². The quantitative estimate of drug-likeness (QED) is 0.636. The summed E-state index contributed by atoms with van der Waals surface area (Å²) in [7, 11) is 3.39. The van der Waals surface area contributed by atoms with Crippen molar-refractivity contribution in [2.45, 2.75) is 13.0 Å². The van der Waals surface area contributed by atoms with E-state index in [9.17, 15) is 14.4 Å². The molecule has 0 unspecified atom stereocenters. The molecule has 0 atom stereocenters. The molecule has 1 aliphatic heterocycles. The van der Waals surface area contributed by atoms with Crippen LogP contribution in [0.15, 0.2) is 39.8 Å². The number of anilines is 1. The first-order valence-corrected chi connectivity index (χ1v) is 8.74. The largest absolute Gasteiger partial charge is 0.427 e. The summed E-state index contributed by atoms with van der Waals surface area (Å²) in [5.74, 6) is -1.28. The number of nitrogens with zero attached hydrogens (tertiary/aromatic N) is 4. The highest BCUT2D eigenvalue weighted by atomic mass is 16.4. The van der Waals surface area contributed by atoms with Crippen LogP contribution in [0.4, 0.5) is 10.5 Å². The molecular weight excluding hydrogens is 362 g/mol. The van der Waals surface area contributed by atoms with Gasteiger partial charge in [-0.3, -0.25) is 9.78 Å². The first-order valence-electron chi connectivity index (χ1n) is 8.74. The monoisotopic (exact) mass is 381 g/mol. The molecule has 0 saturated heterocycles. The lowest BCUT2D eigenvalue weighted by Crippen LogP contribution is -2.42. The second-order valence-corrected chi connectivity index (χ2v) is 6.91. The van der Waals surface area contributed by atoms with E-state index in [0.717, 1.165) is 15.7 Å². The number of fused-ring (bicyclic) bond motifs is 2. The van der Waals surface area contributed by atoms with Gasteiger partial charge in [0.25, 0.3) is 5.91 Å². The van der Waals surface area contributed by atoms with E-state index < -0.39 is 11.7 Å². The Hall–Kier alpha value is -3.62. The Kier molecular flexibility index (Phi) is 4.14. The van der Waals surface area contributed by atoms with Gasteiger partial charge in [0.15, 0.2) is 5.58 Å². The van der Waals surface area contributed by atoms with Crippen LogP contribution in [0.5, 0.6) is 0 Å². The summed E-state index contributed by atoms with van der Waals surface area (Å²) in [6.45, 7) is 0.837. The summed E-state index contributed by atoms with van der Waals surface area (Å²) < 4.78 is 6.16. The molecule has 144 valence electrons. The number of benzene rings is 1. The number of amides is 2. The van der Waals surface area contributed by atoms with Crippen LogP contribution in [-0.2, 0) is 13.0 Å². The Bertz CT molecular complexity index is 1160. The van der Waals surface area contributed by atoms with Gasteiger partial charge < -0.3 is 20.0 Å². The SMILES string of the molecule is CN(C)C(=O)N1CCc2c(cncc2C(=O)n2c(=O)oc3cc(N)ccc32)C1. The summed E-state index contributed by atoms with van der Waals surface area (Å²) >= 11 is 0. The average Bonchev–Trinajstić information content (AvgIpc) is 3.00. The van der Waals surface area contributed by atoms with E-state index in [-0.39, 0.29) is 11.6 Å². The zero-order chi connectivity index (χ0) is 20.0. The molecule has 4 rings (SSSR count). The van der Waals surface area contributed by atoms with Crippen molar-refractivity contribution < 1.29 is 14.0 Å². The van der Waals surface area contributed by atoms with Crippen LogP contribution < -0.4 is 11.5 Å². The minimum Gasteiger partial charge on any atom is -0.407 e. The van der Waals surface area contributed by atoms with Crippen molar-refractivity contribution in [3.8, 4) is 0 Å². The molecule has 0 aliphatic carbocycles. The standard InChI is InChI=1S/C19H19N5O4/c1-22(2)18(26)23-6-5-13-11(10-23)8-21-9-14(13)17(25)24-15-4-3-12(20)7-16(15)28-19(24)27/h3-4,7-9H,5-6,10,20H2,1-2H3. The highest BCUT2D eigenvalue weighted by Crippen LogP contribution is 2.24. The van der Waals surface area contributed by atoms with Gasteiger partial charge in [-0.25, -0.2) is 14.2 Å². The van der Waals surface area contributed by atoms with Crippen LogP contribution >= 0.6 is 0 Å². The Morgan fingerprint density at radius 1 is 1.25 bits per heavy atom. The number of urea groups is 1. The van der Waals surface area contributed by atoms with Crippen LogP contribution in [0, 0.1) is 0 Å². The predicted octanol–water partition coefficient (Wildman–Crippen LogP) is 1.30. The zero-order valence-corrected chi connectivity index (χ0v) is 15.5. The molecule has 0 fully saturated rings. The van der Waals surface area contributed by atoms with Gasteiger partial charge in [-0.2, -0.15) is 0 Å². The van der Waals surface area contributed by atoms with E-state index in [4.69, 9.17) is 10.2 Å². The zero-order valence-electron chi connectivity index (χ0n) is 15.5. The molecule has 1 aliphatic rings. The van der Waals surface area contributed by atoms with E-state index >= 15 is 0 Å².